The third-order valence-corrected chi connectivity index (χ3v) is 5.01. The van der Waals surface area contributed by atoms with Crippen LogP contribution in [0.1, 0.15) is 29.8 Å². The van der Waals surface area contributed by atoms with E-state index in [0.717, 1.165) is 22.0 Å². The number of carbonyl (C=O) groups is 1. The number of hydrogen-bond acceptors (Lipinski definition) is 5. The van der Waals surface area contributed by atoms with Crippen LogP contribution in [0.4, 0.5) is 0 Å². The van der Waals surface area contributed by atoms with Crippen molar-refractivity contribution in [1.29, 1.82) is 5.26 Å². The van der Waals surface area contributed by atoms with Gasteiger partial charge in [0.05, 0.1) is 25.1 Å². The van der Waals surface area contributed by atoms with Crippen molar-refractivity contribution in [2.75, 3.05) is 13.2 Å². The van der Waals surface area contributed by atoms with Gasteiger partial charge in [-0.2, -0.15) is 5.26 Å². The number of aromatic amines is 1. The van der Waals surface area contributed by atoms with E-state index in [2.05, 4.69) is 10.3 Å². The summed E-state index contributed by atoms with van der Waals surface area (Å²) >= 11 is 0. The van der Waals surface area contributed by atoms with E-state index in [0.29, 0.717) is 18.8 Å². The topological polar surface area (TPSA) is 107 Å². The Kier molecular flexibility index (Phi) is 5.47. The molecule has 29 heavy (non-hydrogen) atoms. The highest BCUT2D eigenvalue weighted by Gasteiger charge is 2.38. The quantitative estimate of drug-likeness (QED) is 0.560. The summed E-state index contributed by atoms with van der Waals surface area (Å²) in [6, 6.07) is 16.5. The Hall–Kier alpha value is -3.34. The number of amides is 1. The molecular formula is C22H21N3O4. The van der Waals surface area contributed by atoms with Gasteiger partial charge in [0.15, 0.2) is 6.10 Å². The zero-order valence-corrected chi connectivity index (χ0v) is 15.7. The molecule has 0 aliphatic carbocycles. The first-order chi connectivity index (χ1) is 14.2. The second-order valence-electron chi connectivity index (χ2n) is 6.85. The van der Waals surface area contributed by atoms with Crippen LogP contribution in [0.3, 0.4) is 0 Å². The maximum atomic E-state index is 12.7. The number of aliphatic hydroxyl groups is 1. The van der Waals surface area contributed by atoms with Gasteiger partial charge in [0, 0.05) is 22.7 Å². The first kappa shape index (κ1) is 19.0. The molecule has 0 radical (unpaired) electrons. The van der Waals surface area contributed by atoms with Gasteiger partial charge in [-0.15, -0.1) is 0 Å². The Morgan fingerprint density at radius 2 is 1.97 bits per heavy atom. The summed E-state index contributed by atoms with van der Waals surface area (Å²) in [6.07, 6.45) is 0.811. The molecule has 7 heteroatoms. The maximum absolute atomic E-state index is 12.7. The number of aliphatic hydroxyl groups excluding tert-OH is 1. The summed E-state index contributed by atoms with van der Waals surface area (Å²) in [5.41, 5.74) is 2.51. The zero-order chi connectivity index (χ0) is 20.2. The zero-order valence-electron chi connectivity index (χ0n) is 15.7. The number of aromatic nitrogens is 1. The van der Waals surface area contributed by atoms with Crippen molar-refractivity contribution in [2.24, 2.45) is 0 Å². The minimum atomic E-state index is -0.787. The summed E-state index contributed by atoms with van der Waals surface area (Å²) in [4.78, 5) is 15.8. The molecule has 0 saturated carbocycles. The average molecular weight is 391 g/mol. The third-order valence-electron chi connectivity index (χ3n) is 5.01. The molecular weight excluding hydrogens is 370 g/mol. The fourth-order valence-electron chi connectivity index (χ4n) is 3.58. The number of hydrogen-bond donors (Lipinski definition) is 3. The van der Waals surface area contributed by atoms with Crippen LogP contribution in [-0.4, -0.2) is 35.3 Å². The van der Waals surface area contributed by atoms with E-state index in [1.165, 1.54) is 0 Å². The minimum absolute atomic E-state index is 0.239. The molecule has 1 aromatic heterocycles. The van der Waals surface area contributed by atoms with E-state index < -0.39 is 18.2 Å². The van der Waals surface area contributed by atoms with Crippen LogP contribution in [0, 0.1) is 11.3 Å². The summed E-state index contributed by atoms with van der Waals surface area (Å²) in [5, 5.41) is 22.2. The molecule has 0 unspecified atom stereocenters. The molecule has 2 aromatic carbocycles. The molecule has 2 heterocycles. The summed E-state index contributed by atoms with van der Waals surface area (Å²) in [6.45, 7) is 0.0885. The van der Waals surface area contributed by atoms with Crippen LogP contribution in [0.2, 0.25) is 0 Å². The first-order valence-corrected chi connectivity index (χ1v) is 9.43. The molecule has 3 atom stereocenters. The van der Waals surface area contributed by atoms with Crippen molar-refractivity contribution < 1.29 is 19.4 Å². The SMILES string of the molecule is N#CCCOc1ccc([C@@H]2O[C@H](c3c[nH]c4ccccc34)C(=O)N[C@H]2CO)cc1. The second kappa shape index (κ2) is 8.35. The lowest BCUT2D eigenvalue weighted by Crippen LogP contribution is -2.50. The number of fused-ring (bicyclic) bond motifs is 1. The Labute approximate surface area is 167 Å². The Bertz CT molecular complexity index is 1040. The van der Waals surface area contributed by atoms with Gasteiger partial charge in [-0.3, -0.25) is 4.79 Å². The van der Waals surface area contributed by atoms with E-state index in [4.69, 9.17) is 14.7 Å². The van der Waals surface area contributed by atoms with E-state index in [1.54, 1.807) is 18.3 Å². The number of rotatable bonds is 6. The molecule has 0 spiro atoms. The van der Waals surface area contributed by atoms with Gasteiger partial charge < -0.3 is 24.9 Å². The van der Waals surface area contributed by atoms with Crippen LogP contribution in [0.15, 0.2) is 54.7 Å². The standard InChI is InChI=1S/C22H21N3O4/c23-10-3-11-28-15-8-6-14(7-9-15)20-19(13-26)25-22(27)21(29-20)17-12-24-18-5-2-1-4-16(17)18/h1-2,4-9,12,19-21,24,26H,3,11,13H2,(H,25,27)/t19-,20-,21+/m0/s1. The number of nitriles is 1. The lowest BCUT2D eigenvalue weighted by atomic mass is 9.97. The molecule has 3 aromatic rings. The molecule has 3 N–H and O–H groups in total. The van der Waals surface area contributed by atoms with E-state index in [9.17, 15) is 9.90 Å². The first-order valence-electron chi connectivity index (χ1n) is 9.43. The molecule has 7 nitrogen and oxygen atoms in total. The Morgan fingerprint density at radius 3 is 2.72 bits per heavy atom. The number of H-pyrrole nitrogens is 1. The summed E-state index contributed by atoms with van der Waals surface area (Å²) in [7, 11) is 0. The van der Waals surface area contributed by atoms with Gasteiger partial charge in [-0.25, -0.2) is 0 Å². The number of nitrogens with zero attached hydrogens (tertiary/aromatic N) is 1. The molecule has 148 valence electrons. The molecule has 1 amide bonds. The van der Waals surface area contributed by atoms with Crippen molar-refractivity contribution in [2.45, 2.75) is 24.7 Å². The van der Waals surface area contributed by atoms with E-state index >= 15 is 0 Å². The van der Waals surface area contributed by atoms with Crippen LogP contribution in [-0.2, 0) is 9.53 Å². The van der Waals surface area contributed by atoms with Gasteiger partial charge in [-0.1, -0.05) is 30.3 Å². The second-order valence-corrected chi connectivity index (χ2v) is 6.85. The predicted octanol–water partition coefficient (Wildman–Crippen LogP) is 2.75. The predicted molar refractivity (Wildman–Crippen MR) is 106 cm³/mol. The highest BCUT2D eigenvalue weighted by molar-refractivity contribution is 5.91. The number of carbonyl (C=O) groups excluding carboxylic acids is 1. The van der Waals surface area contributed by atoms with Crippen molar-refractivity contribution in [3.05, 3.63) is 65.9 Å². The Balaban J connectivity index is 1.59. The number of para-hydroxylation sites is 1. The summed E-state index contributed by atoms with van der Waals surface area (Å²) in [5.74, 6) is 0.374. The van der Waals surface area contributed by atoms with Gasteiger partial charge >= 0.3 is 0 Å². The number of ether oxygens (including phenoxy) is 2. The highest BCUT2D eigenvalue weighted by atomic mass is 16.5. The van der Waals surface area contributed by atoms with Gasteiger partial charge in [0.25, 0.3) is 5.91 Å². The van der Waals surface area contributed by atoms with Crippen LogP contribution < -0.4 is 10.1 Å². The maximum Gasteiger partial charge on any atom is 0.254 e. The number of benzene rings is 2. The lowest BCUT2D eigenvalue weighted by Gasteiger charge is -2.36. The number of morpholine rings is 1. The van der Waals surface area contributed by atoms with Gasteiger partial charge in [0.1, 0.15) is 18.5 Å². The van der Waals surface area contributed by atoms with Gasteiger partial charge in [-0.05, 0) is 23.8 Å². The molecule has 1 aliphatic heterocycles. The van der Waals surface area contributed by atoms with Crippen LogP contribution in [0.25, 0.3) is 10.9 Å². The van der Waals surface area contributed by atoms with Crippen LogP contribution >= 0.6 is 0 Å². The lowest BCUT2D eigenvalue weighted by molar-refractivity contribution is -0.152. The minimum Gasteiger partial charge on any atom is -0.493 e. The third kappa shape index (κ3) is 3.81. The Morgan fingerprint density at radius 1 is 1.17 bits per heavy atom. The van der Waals surface area contributed by atoms with E-state index in [-0.39, 0.29) is 12.5 Å². The normalized spacial score (nSPS) is 21.5. The molecule has 0 bridgehead atoms. The van der Waals surface area contributed by atoms with Gasteiger partial charge in [0.2, 0.25) is 0 Å². The molecule has 1 saturated heterocycles. The van der Waals surface area contributed by atoms with Crippen molar-refractivity contribution in [3.63, 3.8) is 0 Å². The molecule has 1 aliphatic rings. The average Bonchev–Trinajstić information content (AvgIpc) is 3.18. The fourth-order valence-corrected chi connectivity index (χ4v) is 3.58. The van der Waals surface area contributed by atoms with Crippen molar-refractivity contribution in [3.8, 4) is 11.8 Å². The number of nitrogens with one attached hydrogen (secondary N) is 2. The monoisotopic (exact) mass is 391 g/mol. The molecule has 4 rings (SSSR count). The van der Waals surface area contributed by atoms with Crippen LogP contribution in [0.5, 0.6) is 5.75 Å². The highest BCUT2D eigenvalue weighted by Crippen LogP contribution is 2.36. The fraction of sp³-hybridized carbons (Fsp3) is 0.273. The molecule has 1 fully saturated rings. The van der Waals surface area contributed by atoms with Crippen molar-refractivity contribution >= 4 is 16.8 Å². The van der Waals surface area contributed by atoms with E-state index in [1.807, 2.05) is 42.5 Å². The summed E-state index contributed by atoms with van der Waals surface area (Å²) < 4.78 is 11.7. The van der Waals surface area contributed by atoms with Crippen molar-refractivity contribution in [1.82, 2.24) is 10.3 Å². The largest absolute Gasteiger partial charge is 0.493 e. The smallest absolute Gasteiger partial charge is 0.254 e.